The standard InChI is InChI=1S/C21H27N3O3S/c1-12-17(3-4-26-12)19-23-24-20(27-19)28-11-18(25)22-13(2)21-8-14-5-15(9-21)7-16(6-14)10-21/h3-4,13-16H,5-11H2,1-2H3,(H,22,25)/t13-,14?,15?,16?,21?/m1/s1. The summed E-state index contributed by atoms with van der Waals surface area (Å²) >= 11 is 1.29. The zero-order valence-corrected chi connectivity index (χ0v) is 17.3. The van der Waals surface area contributed by atoms with Gasteiger partial charge in [0.05, 0.1) is 17.6 Å². The summed E-state index contributed by atoms with van der Waals surface area (Å²) in [5, 5.41) is 11.8. The van der Waals surface area contributed by atoms with Gasteiger partial charge in [0.1, 0.15) is 5.76 Å². The highest BCUT2D eigenvalue weighted by Crippen LogP contribution is 2.61. The summed E-state index contributed by atoms with van der Waals surface area (Å²) in [5.74, 6) is 4.18. The number of thioether (sulfide) groups is 1. The van der Waals surface area contributed by atoms with Crippen LogP contribution in [-0.2, 0) is 4.79 Å². The molecule has 6 nitrogen and oxygen atoms in total. The lowest BCUT2D eigenvalue weighted by molar-refractivity contribution is -0.123. The van der Waals surface area contributed by atoms with Crippen LogP contribution in [0.15, 0.2) is 26.4 Å². The number of nitrogens with zero attached hydrogens (tertiary/aromatic N) is 2. The van der Waals surface area contributed by atoms with Crippen molar-refractivity contribution in [2.75, 3.05) is 5.75 Å². The maximum Gasteiger partial charge on any atom is 0.277 e. The van der Waals surface area contributed by atoms with Crippen LogP contribution in [0.1, 0.15) is 51.2 Å². The predicted octanol–water partition coefficient (Wildman–Crippen LogP) is 4.45. The van der Waals surface area contributed by atoms with Crippen LogP contribution in [0.5, 0.6) is 0 Å². The molecule has 0 saturated heterocycles. The highest BCUT2D eigenvalue weighted by atomic mass is 32.2. The normalized spacial score (nSPS) is 31.9. The third kappa shape index (κ3) is 3.27. The SMILES string of the molecule is Cc1occc1-c1nnc(SCC(=O)N[C@H](C)C23CC4CC(CC(C4)C2)C3)o1. The number of hydrogen-bond donors (Lipinski definition) is 1. The van der Waals surface area contributed by atoms with Gasteiger partial charge in [0, 0.05) is 6.04 Å². The first-order chi connectivity index (χ1) is 13.5. The van der Waals surface area contributed by atoms with Gasteiger partial charge >= 0.3 is 0 Å². The fourth-order valence-electron chi connectivity index (χ4n) is 6.26. The minimum atomic E-state index is 0.0486. The summed E-state index contributed by atoms with van der Waals surface area (Å²) in [6, 6.07) is 2.04. The molecule has 0 aromatic carbocycles. The molecule has 2 aromatic heterocycles. The van der Waals surface area contributed by atoms with Crippen LogP contribution in [0, 0.1) is 30.1 Å². The Morgan fingerprint density at radius 3 is 2.54 bits per heavy atom. The summed E-state index contributed by atoms with van der Waals surface area (Å²) in [4.78, 5) is 12.6. The maximum atomic E-state index is 12.6. The largest absolute Gasteiger partial charge is 0.469 e. The van der Waals surface area contributed by atoms with Crippen LogP contribution in [-0.4, -0.2) is 27.9 Å². The Morgan fingerprint density at radius 2 is 1.93 bits per heavy atom. The molecule has 4 saturated carbocycles. The topological polar surface area (TPSA) is 81.2 Å². The average molecular weight is 402 g/mol. The Balaban J connectivity index is 1.17. The molecular weight excluding hydrogens is 374 g/mol. The first-order valence-electron chi connectivity index (χ1n) is 10.3. The van der Waals surface area contributed by atoms with Gasteiger partial charge in [0.2, 0.25) is 5.91 Å². The van der Waals surface area contributed by atoms with E-state index in [1.54, 1.807) is 12.3 Å². The number of carbonyl (C=O) groups is 1. The van der Waals surface area contributed by atoms with Gasteiger partial charge in [-0.2, -0.15) is 0 Å². The third-order valence-corrected chi connectivity index (χ3v) is 8.02. The highest BCUT2D eigenvalue weighted by molar-refractivity contribution is 7.99. The number of amides is 1. The van der Waals surface area contributed by atoms with Crippen LogP contribution >= 0.6 is 11.8 Å². The Morgan fingerprint density at radius 1 is 1.25 bits per heavy atom. The fourth-order valence-corrected chi connectivity index (χ4v) is 6.83. The van der Waals surface area contributed by atoms with E-state index in [2.05, 4.69) is 22.4 Å². The van der Waals surface area contributed by atoms with Crippen LogP contribution in [0.2, 0.25) is 0 Å². The summed E-state index contributed by atoms with van der Waals surface area (Å²) in [6.07, 6.45) is 9.75. The lowest BCUT2D eigenvalue weighted by atomic mass is 9.48. The maximum absolute atomic E-state index is 12.6. The Hall–Kier alpha value is -1.76. The Kier molecular flexibility index (Phi) is 4.53. The van der Waals surface area contributed by atoms with Crippen LogP contribution in [0.25, 0.3) is 11.5 Å². The molecule has 4 aliphatic carbocycles. The lowest BCUT2D eigenvalue weighted by Crippen LogP contribution is -2.56. The van der Waals surface area contributed by atoms with Gasteiger partial charge in [-0.3, -0.25) is 4.79 Å². The van der Waals surface area contributed by atoms with Gasteiger partial charge < -0.3 is 14.2 Å². The van der Waals surface area contributed by atoms with Crippen LogP contribution in [0.4, 0.5) is 0 Å². The molecule has 150 valence electrons. The molecule has 1 amide bonds. The molecule has 7 heteroatoms. The van der Waals surface area contributed by atoms with Gasteiger partial charge in [-0.15, -0.1) is 10.2 Å². The molecule has 6 rings (SSSR count). The van der Waals surface area contributed by atoms with E-state index in [1.165, 1.54) is 50.3 Å². The van der Waals surface area contributed by atoms with E-state index in [4.69, 9.17) is 8.83 Å². The smallest absolute Gasteiger partial charge is 0.277 e. The molecule has 4 bridgehead atoms. The van der Waals surface area contributed by atoms with Crippen molar-refractivity contribution in [2.45, 2.75) is 63.6 Å². The van der Waals surface area contributed by atoms with E-state index < -0.39 is 0 Å². The molecule has 4 aliphatic rings. The number of furan rings is 1. The first-order valence-corrected chi connectivity index (χ1v) is 11.3. The van der Waals surface area contributed by atoms with Crippen LogP contribution < -0.4 is 5.32 Å². The van der Waals surface area contributed by atoms with E-state index in [1.807, 2.05) is 6.92 Å². The van der Waals surface area contributed by atoms with E-state index in [9.17, 15) is 4.79 Å². The molecule has 0 aliphatic heterocycles. The zero-order valence-electron chi connectivity index (χ0n) is 16.4. The molecule has 0 spiro atoms. The molecule has 2 aromatic rings. The highest BCUT2D eigenvalue weighted by Gasteiger charge is 2.53. The number of rotatable bonds is 6. The van der Waals surface area contributed by atoms with Crippen molar-refractivity contribution in [2.24, 2.45) is 23.2 Å². The number of aryl methyl sites for hydroxylation is 1. The molecule has 28 heavy (non-hydrogen) atoms. The van der Waals surface area contributed by atoms with Crippen molar-refractivity contribution in [1.82, 2.24) is 15.5 Å². The van der Waals surface area contributed by atoms with Crippen molar-refractivity contribution in [3.63, 3.8) is 0 Å². The van der Waals surface area contributed by atoms with E-state index in [0.29, 0.717) is 22.3 Å². The van der Waals surface area contributed by atoms with Gasteiger partial charge in [-0.05, 0) is 81.6 Å². The Labute approximate surface area is 169 Å². The second kappa shape index (κ2) is 6.94. The van der Waals surface area contributed by atoms with E-state index in [-0.39, 0.29) is 11.9 Å². The molecule has 1 atom stereocenters. The summed E-state index contributed by atoms with van der Waals surface area (Å²) < 4.78 is 10.9. The molecule has 1 N–H and O–H groups in total. The minimum Gasteiger partial charge on any atom is -0.469 e. The molecule has 4 fully saturated rings. The van der Waals surface area contributed by atoms with E-state index >= 15 is 0 Å². The number of carbonyl (C=O) groups excluding carboxylic acids is 1. The van der Waals surface area contributed by atoms with Gasteiger partial charge in [-0.25, -0.2) is 0 Å². The Bertz CT molecular complexity index is 839. The van der Waals surface area contributed by atoms with E-state index in [0.717, 1.165) is 29.1 Å². The summed E-state index contributed by atoms with van der Waals surface area (Å²) in [5.41, 5.74) is 1.12. The molecule has 2 heterocycles. The quantitative estimate of drug-likeness (QED) is 0.720. The number of nitrogens with one attached hydrogen (secondary N) is 1. The number of aromatic nitrogens is 2. The summed E-state index contributed by atoms with van der Waals surface area (Å²) in [6.45, 7) is 4.06. The fraction of sp³-hybridized carbons (Fsp3) is 0.667. The predicted molar refractivity (Wildman–Crippen MR) is 106 cm³/mol. The van der Waals surface area contributed by atoms with Crippen molar-refractivity contribution in [3.8, 4) is 11.5 Å². The first kappa shape index (κ1) is 18.3. The summed E-state index contributed by atoms with van der Waals surface area (Å²) in [7, 11) is 0. The molecule has 0 radical (unpaired) electrons. The zero-order chi connectivity index (χ0) is 19.3. The molecule has 0 unspecified atom stereocenters. The van der Waals surface area contributed by atoms with Gasteiger partial charge in [-0.1, -0.05) is 11.8 Å². The monoisotopic (exact) mass is 401 g/mol. The van der Waals surface area contributed by atoms with Crippen molar-refractivity contribution >= 4 is 17.7 Å². The second-order valence-corrected chi connectivity index (χ2v) is 10.0. The van der Waals surface area contributed by atoms with Gasteiger partial charge in [0.25, 0.3) is 11.1 Å². The van der Waals surface area contributed by atoms with Gasteiger partial charge in [0.15, 0.2) is 0 Å². The second-order valence-electron chi connectivity index (χ2n) is 9.12. The lowest BCUT2D eigenvalue weighted by Gasteiger charge is -2.59. The third-order valence-electron chi connectivity index (χ3n) is 7.20. The number of hydrogen-bond acceptors (Lipinski definition) is 6. The van der Waals surface area contributed by atoms with Crippen molar-refractivity contribution in [3.05, 3.63) is 18.1 Å². The van der Waals surface area contributed by atoms with Crippen molar-refractivity contribution in [1.29, 1.82) is 0 Å². The van der Waals surface area contributed by atoms with Crippen molar-refractivity contribution < 1.29 is 13.6 Å². The minimum absolute atomic E-state index is 0.0486. The average Bonchev–Trinajstić information content (AvgIpc) is 3.27. The molecular formula is C21H27N3O3S. The van der Waals surface area contributed by atoms with Crippen LogP contribution in [0.3, 0.4) is 0 Å².